The van der Waals surface area contributed by atoms with Gasteiger partial charge in [0.25, 0.3) is 10.0 Å². The molecule has 7 nitrogen and oxygen atoms in total. The van der Waals surface area contributed by atoms with Gasteiger partial charge in [-0.1, -0.05) is 11.6 Å². The Morgan fingerprint density at radius 3 is 2.54 bits per heavy atom. The Labute approximate surface area is 173 Å². The number of benzene rings is 1. The lowest BCUT2D eigenvalue weighted by Crippen LogP contribution is -2.50. The third-order valence-electron chi connectivity index (χ3n) is 4.44. The van der Waals surface area contributed by atoms with E-state index in [0.717, 1.165) is 4.88 Å². The molecule has 2 aromatic rings. The van der Waals surface area contributed by atoms with E-state index in [1.807, 2.05) is 17.9 Å². The first kappa shape index (κ1) is 21.1. The van der Waals surface area contributed by atoms with Crippen molar-refractivity contribution in [3.63, 3.8) is 0 Å². The Hall–Kier alpha value is -1.65. The van der Waals surface area contributed by atoms with Crippen LogP contribution in [-0.4, -0.2) is 63.4 Å². The van der Waals surface area contributed by atoms with Gasteiger partial charge in [0.05, 0.1) is 19.3 Å². The van der Waals surface area contributed by atoms with Crippen LogP contribution < -0.4 is 10.1 Å². The van der Waals surface area contributed by atoms with Crippen molar-refractivity contribution < 1.29 is 17.9 Å². The van der Waals surface area contributed by atoms with Crippen molar-refractivity contribution in [2.45, 2.75) is 11.1 Å². The fourth-order valence-electron chi connectivity index (χ4n) is 2.98. The van der Waals surface area contributed by atoms with E-state index in [2.05, 4.69) is 5.32 Å². The first-order valence-corrected chi connectivity index (χ1v) is 11.4. The van der Waals surface area contributed by atoms with Gasteiger partial charge in [-0.05, 0) is 37.3 Å². The van der Waals surface area contributed by atoms with Gasteiger partial charge < -0.3 is 10.1 Å². The first-order chi connectivity index (χ1) is 13.3. The number of carbonyl (C=O) groups excluding carboxylic acids is 1. The summed E-state index contributed by atoms with van der Waals surface area (Å²) in [6.45, 7) is 3.74. The fourth-order valence-corrected chi connectivity index (χ4v) is 6.01. The average Bonchev–Trinajstić information content (AvgIpc) is 3.09. The minimum atomic E-state index is -3.46. The molecule has 1 aromatic carbocycles. The van der Waals surface area contributed by atoms with Crippen LogP contribution in [0.3, 0.4) is 0 Å². The van der Waals surface area contributed by atoms with Gasteiger partial charge in [-0.15, -0.1) is 11.3 Å². The summed E-state index contributed by atoms with van der Waals surface area (Å²) in [6.07, 6.45) is 0. The third-order valence-corrected chi connectivity index (χ3v) is 8.05. The van der Waals surface area contributed by atoms with Crippen molar-refractivity contribution in [1.29, 1.82) is 0 Å². The molecule has 0 bridgehead atoms. The van der Waals surface area contributed by atoms with Gasteiger partial charge in [0.15, 0.2) is 0 Å². The zero-order chi connectivity index (χ0) is 20.3. The predicted molar refractivity (Wildman–Crippen MR) is 111 cm³/mol. The minimum absolute atomic E-state index is 0.168. The minimum Gasteiger partial charge on any atom is -0.495 e. The summed E-state index contributed by atoms with van der Waals surface area (Å²) >= 11 is 7.26. The number of amides is 1. The summed E-state index contributed by atoms with van der Waals surface area (Å²) in [4.78, 5) is 15.3. The molecule has 0 radical (unpaired) electrons. The molecule has 152 valence electrons. The summed E-state index contributed by atoms with van der Waals surface area (Å²) in [5.41, 5.74) is 0.509. The molecule has 10 heteroatoms. The number of rotatable bonds is 6. The molecule has 1 fully saturated rings. The number of methoxy groups -OCH3 is 1. The highest BCUT2D eigenvalue weighted by Gasteiger charge is 2.30. The van der Waals surface area contributed by atoms with Gasteiger partial charge in [-0.2, -0.15) is 4.31 Å². The molecule has 3 rings (SSSR count). The van der Waals surface area contributed by atoms with E-state index >= 15 is 0 Å². The molecule has 1 aliphatic heterocycles. The molecule has 1 saturated heterocycles. The smallest absolute Gasteiger partial charge is 0.252 e. The van der Waals surface area contributed by atoms with Crippen LogP contribution in [0.5, 0.6) is 5.75 Å². The van der Waals surface area contributed by atoms with Crippen molar-refractivity contribution in [1.82, 2.24) is 9.21 Å². The second kappa shape index (κ2) is 8.79. The molecule has 1 aromatic heterocycles. The molecule has 0 unspecified atom stereocenters. The SMILES string of the molecule is COc1ccc(Cl)cc1NC(=O)CN1CCN(S(=O)(=O)c2ccc(C)s2)CC1. The van der Waals surface area contributed by atoms with Gasteiger partial charge in [-0.25, -0.2) is 8.42 Å². The second-order valence-electron chi connectivity index (χ2n) is 6.44. The molecule has 28 heavy (non-hydrogen) atoms. The molecule has 2 heterocycles. The van der Waals surface area contributed by atoms with Crippen molar-refractivity contribution in [2.75, 3.05) is 45.2 Å². The van der Waals surface area contributed by atoms with E-state index < -0.39 is 10.0 Å². The quantitative estimate of drug-likeness (QED) is 0.742. The highest BCUT2D eigenvalue weighted by molar-refractivity contribution is 7.91. The van der Waals surface area contributed by atoms with Crippen molar-refractivity contribution in [3.05, 3.63) is 40.2 Å². The topological polar surface area (TPSA) is 79.0 Å². The van der Waals surface area contributed by atoms with Crippen LogP contribution in [-0.2, 0) is 14.8 Å². The number of halogens is 1. The summed E-state index contributed by atoms with van der Waals surface area (Å²) in [5, 5.41) is 3.30. The fraction of sp³-hybridized carbons (Fsp3) is 0.389. The van der Waals surface area contributed by atoms with Gasteiger partial charge in [0.2, 0.25) is 5.91 Å². The Balaban J connectivity index is 1.56. The Bertz CT molecular complexity index is 953. The Morgan fingerprint density at radius 1 is 1.21 bits per heavy atom. The Kier molecular flexibility index (Phi) is 6.61. The standard InChI is InChI=1S/C18H22ClN3O4S2/c1-13-3-6-18(27-13)28(24,25)22-9-7-21(8-10-22)12-17(23)20-15-11-14(19)4-5-16(15)26-2/h3-6,11H,7-10,12H2,1-2H3,(H,20,23). The lowest BCUT2D eigenvalue weighted by atomic mass is 10.3. The molecule has 0 spiro atoms. The molecule has 1 N–H and O–H groups in total. The van der Waals surface area contributed by atoms with Gasteiger partial charge in [0.1, 0.15) is 9.96 Å². The largest absolute Gasteiger partial charge is 0.495 e. The predicted octanol–water partition coefficient (Wildman–Crippen LogP) is 2.66. The summed E-state index contributed by atoms with van der Waals surface area (Å²) in [5.74, 6) is 0.325. The number of sulfonamides is 1. The molecule has 0 saturated carbocycles. The maximum Gasteiger partial charge on any atom is 0.252 e. The van der Waals surface area contributed by atoms with E-state index in [4.69, 9.17) is 16.3 Å². The number of piperazine rings is 1. The molecule has 1 aliphatic rings. The van der Waals surface area contributed by atoms with Crippen molar-refractivity contribution in [3.8, 4) is 5.75 Å². The van der Waals surface area contributed by atoms with Crippen LogP contribution in [0.2, 0.25) is 5.02 Å². The number of ether oxygens (including phenoxy) is 1. The molecule has 0 atom stereocenters. The van der Waals surface area contributed by atoms with Crippen LogP contribution in [0.1, 0.15) is 4.88 Å². The summed E-state index contributed by atoms with van der Waals surface area (Å²) < 4.78 is 32.4. The van der Waals surface area contributed by atoms with E-state index in [9.17, 15) is 13.2 Å². The molecule has 1 amide bonds. The van der Waals surface area contributed by atoms with Gasteiger partial charge in [-0.3, -0.25) is 9.69 Å². The highest BCUT2D eigenvalue weighted by atomic mass is 35.5. The second-order valence-corrected chi connectivity index (χ2v) is 10.3. The number of hydrogen-bond acceptors (Lipinski definition) is 6. The van der Waals surface area contributed by atoms with E-state index in [-0.39, 0.29) is 12.5 Å². The number of aryl methyl sites for hydroxylation is 1. The van der Waals surface area contributed by atoms with E-state index in [1.54, 1.807) is 24.3 Å². The molecular formula is C18H22ClN3O4S2. The number of nitrogens with zero attached hydrogens (tertiary/aromatic N) is 2. The maximum absolute atomic E-state index is 12.7. The van der Waals surface area contributed by atoms with Crippen LogP contribution in [0.15, 0.2) is 34.5 Å². The monoisotopic (exact) mass is 443 g/mol. The van der Waals surface area contributed by atoms with Crippen LogP contribution in [0.25, 0.3) is 0 Å². The van der Waals surface area contributed by atoms with Crippen LogP contribution in [0, 0.1) is 6.92 Å². The number of hydrogen-bond donors (Lipinski definition) is 1. The zero-order valence-corrected chi connectivity index (χ0v) is 18.0. The van der Waals surface area contributed by atoms with E-state index in [1.165, 1.54) is 22.8 Å². The number of nitrogens with one attached hydrogen (secondary N) is 1. The summed E-state index contributed by atoms with van der Waals surface area (Å²) in [6, 6.07) is 8.46. The van der Waals surface area contributed by atoms with Crippen LogP contribution in [0.4, 0.5) is 5.69 Å². The summed E-state index contributed by atoms with van der Waals surface area (Å²) in [7, 11) is -1.94. The lowest BCUT2D eigenvalue weighted by molar-refractivity contribution is -0.117. The number of anilines is 1. The number of carbonyl (C=O) groups is 1. The van der Waals surface area contributed by atoms with E-state index in [0.29, 0.717) is 46.8 Å². The Morgan fingerprint density at radius 2 is 1.93 bits per heavy atom. The first-order valence-electron chi connectivity index (χ1n) is 8.72. The maximum atomic E-state index is 12.7. The van der Waals surface area contributed by atoms with Gasteiger partial charge in [0, 0.05) is 36.1 Å². The normalized spacial score (nSPS) is 16.1. The number of thiophene rings is 1. The molecular weight excluding hydrogens is 422 g/mol. The average molecular weight is 444 g/mol. The highest BCUT2D eigenvalue weighted by Crippen LogP contribution is 2.28. The lowest BCUT2D eigenvalue weighted by Gasteiger charge is -2.33. The molecule has 0 aliphatic carbocycles. The van der Waals surface area contributed by atoms with Gasteiger partial charge >= 0.3 is 0 Å². The van der Waals surface area contributed by atoms with Crippen LogP contribution >= 0.6 is 22.9 Å². The third kappa shape index (κ3) is 4.84. The van der Waals surface area contributed by atoms with Crippen molar-refractivity contribution in [2.24, 2.45) is 0 Å². The zero-order valence-electron chi connectivity index (χ0n) is 15.6. The van der Waals surface area contributed by atoms with Crippen molar-refractivity contribution >= 4 is 44.6 Å².